The molecule has 3 N–H and O–H groups in total. The van der Waals surface area contributed by atoms with E-state index in [0.29, 0.717) is 18.7 Å². The van der Waals surface area contributed by atoms with Gasteiger partial charge in [-0.2, -0.15) is 0 Å². The number of carbonyl (C=O) groups excluding carboxylic acids is 2. The largest absolute Gasteiger partial charge is 0.342 e. The summed E-state index contributed by atoms with van der Waals surface area (Å²) in [6, 6.07) is 5.29. The van der Waals surface area contributed by atoms with Gasteiger partial charge in [0.25, 0.3) is 5.91 Å². The molecule has 1 aromatic rings. The van der Waals surface area contributed by atoms with Crippen LogP contribution in [0.3, 0.4) is 0 Å². The van der Waals surface area contributed by atoms with Crippen LogP contribution in [0.1, 0.15) is 15.9 Å². The Balaban J connectivity index is 2.18. The number of hydrogen-bond acceptors (Lipinski definition) is 4. The predicted octanol–water partition coefficient (Wildman–Crippen LogP) is 0.195. The smallest absolute Gasteiger partial charge is 0.254 e. The molecule has 1 saturated heterocycles. The molecule has 2 amide bonds. The third kappa shape index (κ3) is 2.68. The van der Waals surface area contributed by atoms with Gasteiger partial charge < -0.3 is 15.2 Å². The van der Waals surface area contributed by atoms with Crippen molar-refractivity contribution in [2.75, 3.05) is 32.1 Å². The van der Waals surface area contributed by atoms with E-state index in [4.69, 9.17) is 5.84 Å². The van der Waals surface area contributed by atoms with Crippen molar-refractivity contribution in [1.29, 1.82) is 0 Å². The van der Waals surface area contributed by atoms with Gasteiger partial charge in [-0.25, -0.2) is 0 Å². The first-order valence-electron chi connectivity index (χ1n) is 6.13. The minimum absolute atomic E-state index is 0.0301. The minimum atomic E-state index is -0.109. The lowest BCUT2D eigenvalue weighted by molar-refractivity contribution is -0.133. The standard InChI is InChI=1S/C13H18N4O2/c1-9-7-10(15-14)3-4-11(9)13(19)17-6-5-16(2)12(18)8-17/h3-4,7,15H,5-6,8,14H2,1-2H3. The Morgan fingerprint density at radius 1 is 1.37 bits per heavy atom. The SMILES string of the molecule is Cc1cc(NN)ccc1C(=O)N1CCN(C)C(=O)C1. The highest BCUT2D eigenvalue weighted by Gasteiger charge is 2.26. The minimum Gasteiger partial charge on any atom is -0.342 e. The van der Waals surface area contributed by atoms with Crippen molar-refractivity contribution in [2.45, 2.75) is 6.92 Å². The molecule has 1 aliphatic heterocycles. The van der Waals surface area contributed by atoms with E-state index in [1.165, 1.54) is 0 Å². The maximum atomic E-state index is 12.4. The number of nitrogens with two attached hydrogens (primary N) is 1. The number of amides is 2. The van der Waals surface area contributed by atoms with Gasteiger partial charge in [0.15, 0.2) is 0 Å². The molecule has 0 aromatic heterocycles. The third-order valence-corrected chi connectivity index (χ3v) is 3.37. The van der Waals surface area contributed by atoms with Crippen LogP contribution < -0.4 is 11.3 Å². The maximum absolute atomic E-state index is 12.4. The van der Waals surface area contributed by atoms with Crippen LogP contribution in [-0.4, -0.2) is 48.3 Å². The van der Waals surface area contributed by atoms with Gasteiger partial charge in [-0.15, -0.1) is 0 Å². The van der Waals surface area contributed by atoms with Gasteiger partial charge in [0.2, 0.25) is 5.91 Å². The second-order valence-electron chi connectivity index (χ2n) is 4.72. The predicted molar refractivity (Wildman–Crippen MR) is 72.5 cm³/mol. The van der Waals surface area contributed by atoms with E-state index < -0.39 is 0 Å². The van der Waals surface area contributed by atoms with Crippen molar-refractivity contribution in [2.24, 2.45) is 5.84 Å². The number of anilines is 1. The highest BCUT2D eigenvalue weighted by molar-refractivity contribution is 5.98. The summed E-state index contributed by atoms with van der Waals surface area (Å²) in [4.78, 5) is 27.2. The topological polar surface area (TPSA) is 78.7 Å². The fraction of sp³-hybridized carbons (Fsp3) is 0.385. The van der Waals surface area contributed by atoms with Crippen LogP contribution in [0.5, 0.6) is 0 Å². The summed E-state index contributed by atoms with van der Waals surface area (Å²) in [6.45, 7) is 3.14. The van der Waals surface area contributed by atoms with Crippen LogP contribution in [0, 0.1) is 6.92 Å². The summed E-state index contributed by atoms with van der Waals surface area (Å²) in [6.07, 6.45) is 0. The monoisotopic (exact) mass is 262 g/mol. The molecule has 0 spiro atoms. The van der Waals surface area contributed by atoms with Gasteiger partial charge in [-0.05, 0) is 30.7 Å². The van der Waals surface area contributed by atoms with Crippen molar-refractivity contribution in [3.8, 4) is 0 Å². The Labute approximate surface area is 112 Å². The first-order chi connectivity index (χ1) is 9.02. The quantitative estimate of drug-likeness (QED) is 0.589. The number of benzene rings is 1. The van der Waals surface area contributed by atoms with Crippen molar-refractivity contribution in [3.63, 3.8) is 0 Å². The van der Waals surface area contributed by atoms with E-state index in [-0.39, 0.29) is 18.4 Å². The average molecular weight is 262 g/mol. The zero-order valence-corrected chi connectivity index (χ0v) is 11.1. The van der Waals surface area contributed by atoms with E-state index in [0.717, 1.165) is 11.3 Å². The lowest BCUT2D eigenvalue weighted by Gasteiger charge is -2.32. The second kappa shape index (κ2) is 5.27. The molecule has 6 heteroatoms. The zero-order chi connectivity index (χ0) is 14.0. The summed E-state index contributed by atoms with van der Waals surface area (Å²) < 4.78 is 0. The molecule has 0 aliphatic carbocycles. The fourth-order valence-electron chi connectivity index (χ4n) is 2.10. The average Bonchev–Trinajstić information content (AvgIpc) is 2.41. The Morgan fingerprint density at radius 2 is 2.11 bits per heavy atom. The van der Waals surface area contributed by atoms with E-state index in [9.17, 15) is 9.59 Å². The Morgan fingerprint density at radius 3 is 2.68 bits per heavy atom. The van der Waals surface area contributed by atoms with Crippen molar-refractivity contribution < 1.29 is 9.59 Å². The molecule has 19 heavy (non-hydrogen) atoms. The molecular weight excluding hydrogens is 244 g/mol. The fourth-order valence-corrected chi connectivity index (χ4v) is 2.10. The molecule has 1 fully saturated rings. The number of carbonyl (C=O) groups is 2. The van der Waals surface area contributed by atoms with Crippen LogP contribution in [0.25, 0.3) is 0 Å². The molecule has 102 valence electrons. The van der Waals surface area contributed by atoms with Gasteiger partial charge in [0.1, 0.15) is 6.54 Å². The van der Waals surface area contributed by atoms with Crippen LogP contribution in [0.2, 0.25) is 0 Å². The summed E-state index contributed by atoms with van der Waals surface area (Å²) >= 11 is 0. The Hall–Kier alpha value is -2.08. The van der Waals surface area contributed by atoms with Crippen LogP contribution in [-0.2, 0) is 4.79 Å². The van der Waals surface area contributed by atoms with Crippen LogP contribution in [0.4, 0.5) is 5.69 Å². The van der Waals surface area contributed by atoms with Gasteiger partial charge in [0, 0.05) is 31.4 Å². The lowest BCUT2D eigenvalue weighted by atomic mass is 10.1. The molecule has 1 heterocycles. The first-order valence-corrected chi connectivity index (χ1v) is 6.13. The zero-order valence-electron chi connectivity index (χ0n) is 11.1. The van der Waals surface area contributed by atoms with Gasteiger partial charge in [-0.3, -0.25) is 15.4 Å². The number of piperazine rings is 1. The van der Waals surface area contributed by atoms with Crippen LogP contribution in [0.15, 0.2) is 18.2 Å². The number of nitrogens with one attached hydrogen (secondary N) is 1. The van der Waals surface area contributed by atoms with E-state index in [2.05, 4.69) is 5.43 Å². The van der Waals surface area contributed by atoms with Crippen molar-refractivity contribution in [1.82, 2.24) is 9.80 Å². The molecular formula is C13H18N4O2. The highest BCUT2D eigenvalue weighted by Crippen LogP contribution is 2.17. The number of likely N-dealkylation sites (N-methyl/N-ethyl adjacent to an activating group) is 1. The molecule has 0 radical (unpaired) electrons. The summed E-state index contributed by atoms with van der Waals surface area (Å²) in [5.41, 5.74) is 4.74. The third-order valence-electron chi connectivity index (χ3n) is 3.37. The van der Waals surface area contributed by atoms with E-state index in [1.54, 1.807) is 29.0 Å². The Kier molecular flexibility index (Phi) is 3.71. The van der Waals surface area contributed by atoms with Crippen LogP contribution >= 0.6 is 0 Å². The van der Waals surface area contributed by atoms with E-state index >= 15 is 0 Å². The molecule has 6 nitrogen and oxygen atoms in total. The summed E-state index contributed by atoms with van der Waals surface area (Å²) in [5, 5.41) is 0. The normalized spacial score (nSPS) is 15.6. The van der Waals surface area contributed by atoms with Gasteiger partial charge in [0.05, 0.1) is 0 Å². The number of nitrogens with zero attached hydrogens (tertiary/aromatic N) is 2. The number of hydrazine groups is 1. The number of nitrogen functional groups attached to an aromatic ring is 1. The van der Waals surface area contributed by atoms with Gasteiger partial charge in [-0.1, -0.05) is 0 Å². The molecule has 0 saturated carbocycles. The molecule has 0 unspecified atom stereocenters. The van der Waals surface area contributed by atoms with Gasteiger partial charge >= 0.3 is 0 Å². The second-order valence-corrected chi connectivity index (χ2v) is 4.72. The number of aryl methyl sites for hydroxylation is 1. The summed E-state index contributed by atoms with van der Waals surface area (Å²) in [5.74, 6) is 5.19. The number of hydrogen-bond donors (Lipinski definition) is 2. The molecule has 0 atom stereocenters. The van der Waals surface area contributed by atoms with Crippen molar-refractivity contribution in [3.05, 3.63) is 29.3 Å². The lowest BCUT2D eigenvalue weighted by Crippen LogP contribution is -2.50. The molecule has 2 rings (SSSR count). The molecule has 1 aliphatic rings. The molecule has 1 aromatic carbocycles. The first kappa shape index (κ1) is 13.4. The maximum Gasteiger partial charge on any atom is 0.254 e. The highest BCUT2D eigenvalue weighted by atomic mass is 16.2. The number of rotatable bonds is 2. The Bertz CT molecular complexity index is 515. The molecule has 0 bridgehead atoms. The summed E-state index contributed by atoms with van der Waals surface area (Å²) in [7, 11) is 1.75. The van der Waals surface area contributed by atoms with Crippen molar-refractivity contribution >= 4 is 17.5 Å². The van der Waals surface area contributed by atoms with E-state index in [1.807, 2.05) is 13.0 Å².